The van der Waals surface area contributed by atoms with Crippen molar-refractivity contribution in [3.05, 3.63) is 111 Å². The van der Waals surface area contributed by atoms with Crippen molar-refractivity contribution < 1.29 is 24.3 Å². The number of thiophene rings is 1. The number of aryl methyl sites for hydroxylation is 3. The Balaban J connectivity index is 0.847. The van der Waals surface area contributed by atoms with Gasteiger partial charge in [0.1, 0.15) is 39.8 Å². The van der Waals surface area contributed by atoms with Crippen LogP contribution in [0.2, 0.25) is 0 Å². The van der Waals surface area contributed by atoms with Crippen molar-refractivity contribution in [3.63, 3.8) is 0 Å². The number of aromatic hydroxyl groups is 1. The smallest absolute Gasteiger partial charge is 0.243 e. The van der Waals surface area contributed by atoms with Gasteiger partial charge in [-0.25, -0.2) is 9.97 Å². The quantitative estimate of drug-likeness (QED) is 0.113. The van der Waals surface area contributed by atoms with Gasteiger partial charge in [0.25, 0.3) is 0 Å². The van der Waals surface area contributed by atoms with Crippen LogP contribution < -0.4 is 10.2 Å². The van der Waals surface area contributed by atoms with E-state index in [1.807, 2.05) is 101 Å². The highest BCUT2D eigenvalue weighted by molar-refractivity contribution is 7.19. The Morgan fingerprint density at radius 1 is 0.906 bits per heavy atom. The summed E-state index contributed by atoms with van der Waals surface area (Å²) in [5, 5.41) is 38.7. The van der Waals surface area contributed by atoms with Gasteiger partial charge in [0.05, 0.1) is 33.9 Å². The number of piperidine rings is 1. The van der Waals surface area contributed by atoms with Gasteiger partial charge in [-0.1, -0.05) is 55.4 Å². The highest BCUT2D eigenvalue weighted by atomic mass is 32.1. The maximum absolute atomic E-state index is 14.4. The van der Waals surface area contributed by atoms with Crippen molar-refractivity contribution >= 4 is 50.5 Å². The summed E-state index contributed by atoms with van der Waals surface area (Å²) in [4.78, 5) is 44.7. The van der Waals surface area contributed by atoms with E-state index in [0.717, 1.165) is 74.9 Å². The predicted octanol–water partition coefficient (Wildman–Crippen LogP) is 9.13. The summed E-state index contributed by atoms with van der Waals surface area (Å²) >= 11 is 3.31. The van der Waals surface area contributed by atoms with Crippen LogP contribution in [0, 0.1) is 26.7 Å². The fraction of sp³-hybridized carbons (Fsp3) is 0.367. The maximum atomic E-state index is 14.4. The Labute approximate surface area is 380 Å². The molecule has 0 radical (unpaired) electrons. The first-order valence-corrected chi connectivity index (χ1v) is 23.6. The summed E-state index contributed by atoms with van der Waals surface area (Å²) in [5.41, 5.74) is 9.58. The number of hydrogen-bond donors (Lipinski definition) is 3. The van der Waals surface area contributed by atoms with Crippen LogP contribution in [0.15, 0.2) is 82.8 Å². The number of thiazole rings is 1. The van der Waals surface area contributed by atoms with Gasteiger partial charge in [-0.15, -0.1) is 32.9 Å². The largest absolute Gasteiger partial charge is 0.507 e. The number of rotatable bonds is 11. The molecule has 0 unspecified atom stereocenters. The number of carbonyl (C=O) groups is 2. The SMILES string of the molecule is Cc1nc(N2CCC(c3sc4nnc(-c5ccccc5O)cc4c3C)CC2)ccc1-c1cc([C@H](C(=O)N2C[C@H](O)C[C@H]2C(=O)N[C@@H](C)c2ccc(-c3scnc3C)cc2)C(C)C)on1. The molecule has 2 saturated heterocycles. The third kappa shape index (κ3) is 8.39. The topological polar surface area (TPSA) is 171 Å². The number of anilines is 1. The number of carbonyl (C=O) groups excluding carboxylic acids is 2. The van der Waals surface area contributed by atoms with Gasteiger partial charge in [0.15, 0.2) is 0 Å². The number of phenolic OH excluding ortho intramolecular Hbond substituents is 1. The third-order valence-electron chi connectivity index (χ3n) is 12.9. The van der Waals surface area contributed by atoms with E-state index in [4.69, 9.17) is 9.51 Å². The molecule has 3 N–H and O–H groups in total. The molecule has 2 aromatic carbocycles. The number of β-amino-alcohol motifs (C(OH)–C–C–N with tert-alkyl or cyclic N) is 1. The molecule has 0 spiro atoms. The van der Waals surface area contributed by atoms with E-state index in [2.05, 4.69) is 37.5 Å². The molecule has 2 aliphatic heterocycles. The predicted molar refractivity (Wildman–Crippen MR) is 250 cm³/mol. The minimum Gasteiger partial charge on any atom is -0.507 e. The first kappa shape index (κ1) is 43.2. The number of nitrogens with one attached hydrogen (secondary N) is 1. The summed E-state index contributed by atoms with van der Waals surface area (Å²) in [6.45, 7) is 13.7. The fourth-order valence-corrected chi connectivity index (χ4v) is 11.4. The third-order valence-corrected chi connectivity index (χ3v) is 15.2. The summed E-state index contributed by atoms with van der Waals surface area (Å²) in [6, 6.07) is 22.0. The Kier molecular flexibility index (Phi) is 12.1. The lowest BCUT2D eigenvalue weighted by Gasteiger charge is -2.33. The summed E-state index contributed by atoms with van der Waals surface area (Å²) < 4.78 is 5.91. The van der Waals surface area contributed by atoms with Crippen LogP contribution in [0.4, 0.5) is 5.82 Å². The number of likely N-dealkylation sites (tertiary alicyclic amines) is 1. The number of aromatic nitrogens is 5. The fourth-order valence-electron chi connectivity index (χ4n) is 9.29. The molecule has 7 heterocycles. The van der Waals surface area contributed by atoms with Crippen molar-refractivity contribution in [1.29, 1.82) is 0 Å². The van der Waals surface area contributed by atoms with Crippen molar-refractivity contribution in [3.8, 4) is 38.7 Å². The summed E-state index contributed by atoms with van der Waals surface area (Å²) in [7, 11) is 0. The van der Waals surface area contributed by atoms with Crippen LogP contribution in [-0.4, -0.2) is 84.0 Å². The van der Waals surface area contributed by atoms with E-state index in [1.54, 1.807) is 34.8 Å². The zero-order valence-electron chi connectivity index (χ0n) is 36.8. The van der Waals surface area contributed by atoms with Crippen molar-refractivity contribution in [1.82, 2.24) is 35.5 Å². The summed E-state index contributed by atoms with van der Waals surface area (Å²) in [5.74, 6) is 0.412. The van der Waals surface area contributed by atoms with Crippen molar-refractivity contribution in [2.75, 3.05) is 24.5 Å². The van der Waals surface area contributed by atoms with E-state index >= 15 is 0 Å². The molecule has 15 heteroatoms. The van der Waals surface area contributed by atoms with Gasteiger partial charge in [-0.2, -0.15) is 0 Å². The number of aliphatic hydroxyl groups is 1. The number of benzene rings is 2. The molecule has 13 nitrogen and oxygen atoms in total. The number of hydrogen-bond acceptors (Lipinski definition) is 13. The number of aliphatic hydroxyl groups excluding tert-OH is 1. The molecule has 0 saturated carbocycles. The normalized spacial score (nSPS) is 17.9. The molecule has 4 atom stereocenters. The van der Waals surface area contributed by atoms with Gasteiger partial charge < -0.3 is 29.9 Å². The molecule has 9 rings (SSSR count). The second-order valence-electron chi connectivity index (χ2n) is 17.5. The number of fused-ring (bicyclic) bond motifs is 1. The molecule has 5 aromatic heterocycles. The van der Waals surface area contributed by atoms with E-state index < -0.39 is 18.1 Å². The number of amides is 2. The molecule has 2 aliphatic rings. The van der Waals surface area contributed by atoms with E-state index in [0.29, 0.717) is 28.6 Å². The van der Waals surface area contributed by atoms with Crippen molar-refractivity contribution in [2.24, 2.45) is 5.92 Å². The maximum Gasteiger partial charge on any atom is 0.243 e. The average molecular weight is 897 g/mol. The van der Waals surface area contributed by atoms with Crippen LogP contribution in [0.25, 0.3) is 43.2 Å². The monoisotopic (exact) mass is 896 g/mol. The lowest BCUT2D eigenvalue weighted by atomic mass is 9.91. The number of phenols is 1. The molecule has 0 aliphatic carbocycles. The first-order chi connectivity index (χ1) is 30.8. The van der Waals surface area contributed by atoms with Crippen molar-refractivity contribution in [2.45, 2.75) is 90.8 Å². The molecule has 0 bridgehead atoms. The Hall–Kier alpha value is -6.03. The van der Waals surface area contributed by atoms with Crippen LogP contribution in [0.3, 0.4) is 0 Å². The van der Waals surface area contributed by atoms with Gasteiger partial charge in [-0.05, 0) is 99.4 Å². The lowest BCUT2D eigenvalue weighted by Crippen LogP contribution is -2.48. The molecule has 2 amide bonds. The van der Waals surface area contributed by atoms with Crippen LogP contribution in [0.5, 0.6) is 5.75 Å². The van der Waals surface area contributed by atoms with Gasteiger partial charge >= 0.3 is 0 Å². The van der Waals surface area contributed by atoms with Gasteiger partial charge in [0, 0.05) is 59.2 Å². The number of pyridine rings is 1. The van der Waals surface area contributed by atoms with Crippen LogP contribution >= 0.6 is 22.7 Å². The number of para-hydroxylation sites is 1. The average Bonchev–Trinajstić information content (AvgIpc) is 4.10. The highest BCUT2D eigenvalue weighted by Gasteiger charge is 2.43. The second kappa shape index (κ2) is 17.9. The molecule has 7 aromatic rings. The molecule has 330 valence electrons. The zero-order chi connectivity index (χ0) is 44.8. The second-order valence-corrected chi connectivity index (χ2v) is 19.4. The van der Waals surface area contributed by atoms with Gasteiger partial charge in [-0.3, -0.25) is 9.59 Å². The molecular weight excluding hydrogens is 845 g/mol. The van der Waals surface area contributed by atoms with E-state index in [9.17, 15) is 19.8 Å². The number of nitrogens with zero attached hydrogens (tertiary/aromatic N) is 7. The van der Waals surface area contributed by atoms with Crippen LogP contribution in [0.1, 0.15) is 91.1 Å². The summed E-state index contributed by atoms with van der Waals surface area (Å²) in [6.07, 6.45) is 1.28. The zero-order valence-corrected chi connectivity index (χ0v) is 38.4. The Bertz CT molecular complexity index is 2830. The lowest BCUT2D eigenvalue weighted by molar-refractivity contribution is -0.141. The van der Waals surface area contributed by atoms with E-state index in [-0.39, 0.29) is 42.5 Å². The molecule has 2 fully saturated rings. The Morgan fingerprint density at radius 2 is 1.67 bits per heavy atom. The standard InChI is InChI=1S/C49H52N8O5S2/c1-26(2)44(49(61)57-24-34(58)21-40(57)47(60)52-28(4)31-11-13-32(14-12-31)46-30(6)50-25-63-46)42-23-39(55-62-42)35-15-16-43(51-29(35)5)56-19-17-33(18-20-56)45-27(3)37-22-38(53-54-48(37)64-45)36-9-7-8-10-41(36)59/h7-16,22-23,25-26,28,33-34,40,44,58-59H,17-21,24H2,1-6H3,(H,52,60)/t28-,34+,40-,44+/m0/s1. The minimum atomic E-state index is -0.829. The molecular formula is C49H52N8O5S2. The Morgan fingerprint density at radius 3 is 2.38 bits per heavy atom. The van der Waals surface area contributed by atoms with Gasteiger partial charge in [0.2, 0.25) is 11.8 Å². The first-order valence-electron chi connectivity index (χ1n) is 21.9. The van der Waals surface area contributed by atoms with E-state index in [1.165, 1.54) is 15.3 Å². The minimum absolute atomic E-state index is 0.0558. The highest BCUT2D eigenvalue weighted by Crippen LogP contribution is 2.42. The van der Waals surface area contributed by atoms with Crippen LogP contribution in [-0.2, 0) is 9.59 Å². The molecule has 64 heavy (non-hydrogen) atoms.